The highest BCUT2D eigenvalue weighted by Crippen LogP contribution is 2.42. The summed E-state index contributed by atoms with van der Waals surface area (Å²) in [4.78, 5) is 25.4. The number of nitrogens with one attached hydrogen (secondary N) is 2. The van der Waals surface area contributed by atoms with E-state index < -0.39 is 18.0 Å². The molecule has 0 saturated heterocycles. The lowest BCUT2D eigenvalue weighted by atomic mass is 9.92. The summed E-state index contributed by atoms with van der Waals surface area (Å²) in [6.45, 7) is 2.25. The lowest BCUT2D eigenvalue weighted by Crippen LogP contribution is -2.45. The molecule has 170 valence electrons. The molecule has 2 aromatic carbocycles. The van der Waals surface area contributed by atoms with Gasteiger partial charge in [-0.25, -0.2) is 9.59 Å². The summed E-state index contributed by atoms with van der Waals surface area (Å²) in [7, 11) is 5.85. The third-order valence-corrected chi connectivity index (χ3v) is 4.96. The zero-order valence-electron chi connectivity index (χ0n) is 18.6. The lowest BCUT2D eigenvalue weighted by molar-refractivity contribution is -0.136. The molecule has 0 saturated carbocycles. The molecule has 0 fully saturated rings. The van der Waals surface area contributed by atoms with E-state index in [4.69, 9.17) is 23.7 Å². The van der Waals surface area contributed by atoms with Crippen LogP contribution in [0.3, 0.4) is 0 Å². The summed E-state index contributed by atoms with van der Waals surface area (Å²) in [5, 5.41) is 5.51. The van der Waals surface area contributed by atoms with Crippen molar-refractivity contribution in [3.63, 3.8) is 0 Å². The van der Waals surface area contributed by atoms with Crippen molar-refractivity contribution in [3.05, 3.63) is 53.1 Å². The maximum atomic E-state index is 12.9. The number of carbonyl (C=O) groups excluding carboxylic acids is 2. The molecule has 0 aliphatic carbocycles. The van der Waals surface area contributed by atoms with Crippen LogP contribution in [0.5, 0.6) is 23.0 Å². The number of ether oxygens (including phenoxy) is 5. The molecular formula is C23H26N2O7. The molecule has 2 amide bonds. The first-order chi connectivity index (χ1) is 15.5. The van der Waals surface area contributed by atoms with Gasteiger partial charge >= 0.3 is 12.0 Å². The van der Waals surface area contributed by atoms with E-state index in [1.54, 1.807) is 43.5 Å². The van der Waals surface area contributed by atoms with Gasteiger partial charge < -0.3 is 34.3 Å². The highest BCUT2D eigenvalue weighted by atomic mass is 16.5. The molecule has 32 heavy (non-hydrogen) atoms. The van der Waals surface area contributed by atoms with E-state index in [0.717, 1.165) is 0 Å². The minimum atomic E-state index is -0.827. The van der Waals surface area contributed by atoms with Gasteiger partial charge in [-0.2, -0.15) is 0 Å². The number of urea groups is 1. The monoisotopic (exact) mass is 442 g/mol. The maximum absolute atomic E-state index is 12.9. The third-order valence-electron chi connectivity index (χ3n) is 4.96. The third kappa shape index (κ3) is 4.41. The van der Waals surface area contributed by atoms with Crippen molar-refractivity contribution < 1.29 is 33.3 Å². The van der Waals surface area contributed by atoms with Gasteiger partial charge in [-0.05, 0) is 54.4 Å². The van der Waals surface area contributed by atoms with Crippen LogP contribution >= 0.6 is 0 Å². The minimum absolute atomic E-state index is 0.227. The van der Waals surface area contributed by atoms with Crippen molar-refractivity contribution in [1.82, 2.24) is 10.6 Å². The molecule has 0 radical (unpaired) electrons. The SMILES string of the molecule is CCOc1c(OC)cc(C2NC(=O)NC(c3ccc(OC)cc3)=C2C(=O)OC)cc1OC. The molecule has 9 nitrogen and oxygen atoms in total. The number of methoxy groups -OCH3 is 4. The minimum Gasteiger partial charge on any atom is -0.497 e. The number of esters is 1. The highest BCUT2D eigenvalue weighted by molar-refractivity contribution is 6.04. The number of carbonyl (C=O) groups is 2. The fourth-order valence-corrected chi connectivity index (χ4v) is 3.48. The van der Waals surface area contributed by atoms with E-state index in [1.165, 1.54) is 21.3 Å². The van der Waals surface area contributed by atoms with Gasteiger partial charge in [-0.3, -0.25) is 0 Å². The maximum Gasteiger partial charge on any atom is 0.338 e. The van der Waals surface area contributed by atoms with Gasteiger partial charge in [-0.15, -0.1) is 0 Å². The van der Waals surface area contributed by atoms with Gasteiger partial charge in [0, 0.05) is 0 Å². The summed E-state index contributed by atoms with van der Waals surface area (Å²) in [5.41, 5.74) is 1.74. The van der Waals surface area contributed by atoms with Gasteiger partial charge in [0.15, 0.2) is 11.5 Å². The van der Waals surface area contributed by atoms with Gasteiger partial charge in [0.2, 0.25) is 5.75 Å². The molecule has 0 aromatic heterocycles. The van der Waals surface area contributed by atoms with Gasteiger partial charge in [-0.1, -0.05) is 0 Å². The molecule has 9 heteroatoms. The largest absolute Gasteiger partial charge is 0.497 e. The second kappa shape index (κ2) is 9.95. The first-order valence-electron chi connectivity index (χ1n) is 9.90. The molecule has 0 bridgehead atoms. The predicted octanol–water partition coefficient (Wildman–Crippen LogP) is 3.05. The van der Waals surface area contributed by atoms with Gasteiger partial charge in [0.05, 0.1) is 52.4 Å². The van der Waals surface area contributed by atoms with E-state index in [1.807, 2.05) is 6.92 Å². The topological polar surface area (TPSA) is 104 Å². The summed E-state index contributed by atoms with van der Waals surface area (Å²) in [6.07, 6.45) is 0. The first-order valence-corrected chi connectivity index (χ1v) is 9.90. The second-order valence-corrected chi connectivity index (χ2v) is 6.73. The van der Waals surface area contributed by atoms with Crippen LogP contribution in [0.25, 0.3) is 5.70 Å². The van der Waals surface area contributed by atoms with Crippen molar-refractivity contribution >= 4 is 17.7 Å². The quantitative estimate of drug-likeness (QED) is 0.606. The Bertz CT molecular complexity index is 1010. The molecule has 1 aliphatic heterocycles. The Kier molecular flexibility index (Phi) is 7.09. The Balaban J connectivity index is 2.21. The van der Waals surface area contributed by atoms with Crippen LogP contribution in [-0.4, -0.2) is 47.0 Å². The Morgan fingerprint density at radius 1 is 0.969 bits per heavy atom. The van der Waals surface area contributed by atoms with Crippen LogP contribution < -0.4 is 29.6 Å². The smallest absolute Gasteiger partial charge is 0.338 e. The summed E-state index contributed by atoms with van der Waals surface area (Å²) >= 11 is 0. The van der Waals surface area contributed by atoms with E-state index >= 15 is 0 Å². The first kappa shape index (κ1) is 22.8. The van der Waals surface area contributed by atoms with Crippen LogP contribution in [0.1, 0.15) is 24.1 Å². The van der Waals surface area contributed by atoms with Crippen molar-refractivity contribution in [1.29, 1.82) is 0 Å². The number of hydrogen-bond donors (Lipinski definition) is 2. The molecule has 2 N–H and O–H groups in total. The predicted molar refractivity (Wildman–Crippen MR) is 117 cm³/mol. The molecule has 0 spiro atoms. The van der Waals surface area contributed by atoms with E-state index in [0.29, 0.717) is 46.4 Å². The fraction of sp³-hybridized carbons (Fsp3) is 0.304. The molecular weight excluding hydrogens is 416 g/mol. The molecule has 1 aliphatic rings. The normalized spacial score (nSPS) is 15.4. The van der Waals surface area contributed by atoms with Crippen molar-refractivity contribution in [2.24, 2.45) is 0 Å². The summed E-state index contributed by atoms with van der Waals surface area (Å²) in [6, 6.07) is 9.06. The number of hydrogen-bond acceptors (Lipinski definition) is 7. The van der Waals surface area contributed by atoms with Crippen molar-refractivity contribution in [2.45, 2.75) is 13.0 Å². The second-order valence-electron chi connectivity index (χ2n) is 6.73. The Hall–Kier alpha value is -3.88. The number of benzene rings is 2. The van der Waals surface area contributed by atoms with E-state index in [-0.39, 0.29) is 5.57 Å². The van der Waals surface area contributed by atoms with E-state index in [2.05, 4.69) is 10.6 Å². The molecule has 2 aromatic rings. The van der Waals surface area contributed by atoms with Gasteiger partial charge in [0.25, 0.3) is 0 Å². The zero-order valence-corrected chi connectivity index (χ0v) is 18.6. The average Bonchev–Trinajstić information content (AvgIpc) is 2.83. The van der Waals surface area contributed by atoms with Crippen LogP contribution in [-0.2, 0) is 9.53 Å². The molecule has 1 atom stereocenters. The van der Waals surface area contributed by atoms with E-state index in [9.17, 15) is 9.59 Å². The van der Waals surface area contributed by atoms with Gasteiger partial charge in [0.1, 0.15) is 5.75 Å². The summed E-state index contributed by atoms with van der Waals surface area (Å²) < 4.78 is 26.9. The molecule has 1 unspecified atom stereocenters. The lowest BCUT2D eigenvalue weighted by Gasteiger charge is -2.30. The number of rotatable bonds is 8. The van der Waals surface area contributed by atoms with Crippen LogP contribution in [0, 0.1) is 0 Å². The Morgan fingerprint density at radius 2 is 1.59 bits per heavy atom. The molecule has 3 rings (SSSR count). The Morgan fingerprint density at radius 3 is 2.09 bits per heavy atom. The van der Waals surface area contributed by atoms with Crippen molar-refractivity contribution in [2.75, 3.05) is 35.0 Å². The standard InChI is InChI=1S/C23H26N2O7/c1-6-32-21-16(29-3)11-14(12-17(21)30-4)20-18(22(26)31-5)19(24-23(27)25-20)13-7-9-15(28-2)10-8-13/h7-12,20H,6H2,1-5H3,(H2,24,25,27). The van der Waals surface area contributed by atoms with Crippen LogP contribution in [0.4, 0.5) is 4.79 Å². The molecule has 1 heterocycles. The number of amides is 2. The van der Waals surface area contributed by atoms with Crippen molar-refractivity contribution in [3.8, 4) is 23.0 Å². The fourth-order valence-electron chi connectivity index (χ4n) is 3.48. The highest BCUT2D eigenvalue weighted by Gasteiger charge is 2.35. The van der Waals surface area contributed by atoms with Crippen LogP contribution in [0.2, 0.25) is 0 Å². The summed E-state index contributed by atoms with van der Waals surface area (Å²) in [5.74, 6) is 1.29. The average molecular weight is 442 g/mol. The van der Waals surface area contributed by atoms with Crippen LogP contribution in [0.15, 0.2) is 42.0 Å². The Labute approximate surface area is 186 Å². The zero-order chi connectivity index (χ0) is 23.3.